The Labute approximate surface area is 199 Å². The Morgan fingerprint density at radius 2 is 1.91 bits per heavy atom. The fraction of sp³-hybridized carbons (Fsp3) is 0.214. The molecule has 0 N–H and O–H groups in total. The van der Waals surface area contributed by atoms with Gasteiger partial charge in [-0.1, -0.05) is 37.8 Å². The zero-order valence-electron chi connectivity index (χ0n) is 20.2. The average molecular weight is 456 g/mol. The van der Waals surface area contributed by atoms with E-state index in [0.29, 0.717) is 6.54 Å². The van der Waals surface area contributed by atoms with Gasteiger partial charge in [-0.3, -0.25) is 4.68 Å². The van der Waals surface area contributed by atoms with Crippen LogP contribution in [0.25, 0.3) is 23.3 Å². The lowest BCUT2D eigenvalue weighted by atomic mass is 10.0. The number of aryl methyl sites for hydroxylation is 2. The summed E-state index contributed by atoms with van der Waals surface area (Å²) in [5.74, 6) is -0.230. The molecule has 0 aliphatic rings. The molecule has 2 heterocycles. The first kappa shape index (κ1) is 23.2. The van der Waals surface area contributed by atoms with E-state index in [1.54, 1.807) is 12.1 Å². The van der Waals surface area contributed by atoms with Crippen molar-refractivity contribution in [3.8, 4) is 11.1 Å². The Morgan fingerprint density at radius 3 is 2.62 bits per heavy atom. The van der Waals surface area contributed by atoms with Crippen LogP contribution in [0.3, 0.4) is 0 Å². The molecule has 0 saturated heterocycles. The molecule has 0 radical (unpaired) electrons. The lowest BCUT2D eigenvalue weighted by Crippen LogP contribution is -2.30. The number of hydrogen-bond acceptors (Lipinski definition) is 3. The van der Waals surface area contributed by atoms with Crippen molar-refractivity contribution in [2.24, 2.45) is 7.05 Å². The third-order valence-corrected chi connectivity index (χ3v) is 6.07. The molecule has 174 valence electrons. The van der Waals surface area contributed by atoms with Gasteiger partial charge in [-0.15, -0.1) is 0 Å². The molecule has 0 amide bonds. The highest BCUT2D eigenvalue weighted by Crippen LogP contribution is 2.29. The van der Waals surface area contributed by atoms with Gasteiger partial charge in [0.15, 0.2) is 0 Å². The number of halogens is 1. The van der Waals surface area contributed by atoms with Gasteiger partial charge in [-0.25, -0.2) is 9.37 Å². The predicted octanol–water partition coefficient (Wildman–Crippen LogP) is 4.26. The van der Waals surface area contributed by atoms with Crippen molar-refractivity contribution < 1.29 is 4.39 Å². The van der Waals surface area contributed by atoms with Crippen molar-refractivity contribution >= 4 is 17.8 Å². The number of imidazole rings is 1. The van der Waals surface area contributed by atoms with Gasteiger partial charge in [0.2, 0.25) is 0 Å². The SMILES string of the molecule is C=C(C=c1c(=CC)ncn1C)N(C)c1ccc(-c2cnn(Cc3ccc(F)cc3)c2)cc1CC. The first-order valence-corrected chi connectivity index (χ1v) is 11.4. The average Bonchev–Trinajstić information content (AvgIpc) is 3.46. The lowest BCUT2D eigenvalue weighted by Gasteiger charge is -2.23. The van der Waals surface area contributed by atoms with Gasteiger partial charge in [-0.05, 0) is 60.4 Å². The van der Waals surface area contributed by atoms with Gasteiger partial charge in [0.1, 0.15) is 5.82 Å². The molecule has 6 heteroatoms. The van der Waals surface area contributed by atoms with E-state index in [4.69, 9.17) is 0 Å². The van der Waals surface area contributed by atoms with Crippen LogP contribution in [0.15, 0.2) is 73.5 Å². The Kier molecular flexibility index (Phi) is 6.77. The summed E-state index contributed by atoms with van der Waals surface area (Å²) in [4.78, 5) is 6.54. The number of benzene rings is 2. The van der Waals surface area contributed by atoms with E-state index >= 15 is 0 Å². The van der Waals surface area contributed by atoms with Gasteiger partial charge in [-0.2, -0.15) is 5.10 Å². The maximum atomic E-state index is 13.2. The number of allylic oxidation sites excluding steroid dienone is 1. The van der Waals surface area contributed by atoms with Crippen LogP contribution in [0.5, 0.6) is 0 Å². The minimum Gasteiger partial charge on any atom is -0.345 e. The molecule has 0 aliphatic carbocycles. The van der Waals surface area contributed by atoms with Crippen molar-refractivity contribution in [1.29, 1.82) is 0 Å². The van der Waals surface area contributed by atoms with Crippen LogP contribution in [0.4, 0.5) is 10.1 Å². The van der Waals surface area contributed by atoms with Crippen molar-refractivity contribution in [1.82, 2.24) is 19.3 Å². The first-order valence-electron chi connectivity index (χ1n) is 11.4. The standard InChI is InChI=1S/C28H30FN5/c1-6-22-15-23(24-16-31-34(18-24)17-21-8-11-25(29)12-9-21)10-13-27(22)33(5)20(3)14-28-26(7-2)30-19-32(28)4/h7-16,18-19H,3,6,17H2,1-2,4-5H3. The molecule has 5 nitrogen and oxygen atoms in total. The van der Waals surface area contributed by atoms with E-state index in [-0.39, 0.29) is 5.82 Å². The highest BCUT2D eigenvalue weighted by atomic mass is 19.1. The molecule has 0 aliphatic heterocycles. The van der Waals surface area contributed by atoms with Crippen LogP contribution < -0.4 is 15.6 Å². The maximum absolute atomic E-state index is 13.2. The molecule has 0 atom stereocenters. The predicted molar refractivity (Wildman–Crippen MR) is 137 cm³/mol. The van der Waals surface area contributed by atoms with E-state index in [0.717, 1.165) is 45.2 Å². The monoisotopic (exact) mass is 455 g/mol. The maximum Gasteiger partial charge on any atom is 0.123 e. The Bertz CT molecular complexity index is 1430. The highest BCUT2D eigenvalue weighted by Gasteiger charge is 2.11. The summed E-state index contributed by atoms with van der Waals surface area (Å²) >= 11 is 0. The van der Waals surface area contributed by atoms with Gasteiger partial charge in [0.25, 0.3) is 0 Å². The van der Waals surface area contributed by atoms with Gasteiger partial charge < -0.3 is 9.47 Å². The normalized spacial score (nSPS) is 12.4. The quantitative estimate of drug-likeness (QED) is 0.418. The number of rotatable bonds is 7. The molecule has 2 aromatic heterocycles. The van der Waals surface area contributed by atoms with Crippen LogP contribution in [-0.2, 0) is 20.0 Å². The van der Waals surface area contributed by atoms with E-state index in [9.17, 15) is 4.39 Å². The fourth-order valence-electron chi connectivity index (χ4n) is 4.02. The van der Waals surface area contributed by atoms with E-state index < -0.39 is 0 Å². The minimum atomic E-state index is -0.230. The number of hydrogen-bond donors (Lipinski definition) is 0. The zero-order valence-corrected chi connectivity index (χ0v) is 20.2. The molecule has 0 fully saturated rings. The van der Waals surface area contributed by atoms with E-state index in [2.05, 4.69) is 52.8 Å². The second kappa shape index (κ2) is 9.91. The molecule has 0 spiro atoms. The summed E-state index contributed by atoms with van der Waals surface area (Å²) in [7, 11) is 4.03. The summed E-state index contributed by atoms with van der Waals surface area (Å²) in [6.07, 6.45) is 10.7. The summed E-state index contributed by atoms with van der Waals surface area (Å²) in [6.45, 7) is 9.05. The topological polar surface area (TPSA) is 38.9 Å². The smallest absolute Gasteiger partial charge is 0.123 e. The van der Waals surface area contributed by atoms with Gasteiger partial charge >= 0.3 is 0 Å². The molecule has 0 bridgehead atoms. The highest BCUT2D eigenvalue weighted by molar-refractivity contribution is 5.71. The zero-order chi connectivity index (χ0) is 24.2. The molecule has 4 aromatic rings. The summed E-state index contributed by atoms with van der Waals surface area (Å²) < 4.78 is 17.0. The molecular formula is C28H30FN5. The molecule has 4 rings (SSSR count). The molecular weight excluding hydrogens is 425 g/mol. The Morgan fingerprint density at radius 1 is 1.15 bits per heavy atom. The van der Waals surface area contributed by atoms with Gasteiger partial charge in [0, 0.05) is 37.2 Å². The van der Waals surface area contributed by atoms with Crippen molar-refractivity contribution in [2.75, 3.05) is 11.9 Å². The van der Waals surface area contributed by atoms with Crippen molar-refractivity contribution in [3.63, 3.8) is 0 Å². The van der Waals surface area contributed by atoms with E-state index in [1.165, 1.54) is 17.7 Å². The first-order chi connectivity index (χ1) is 16.4. The molecule has 0 unspecified atom stereocenters. The number of anilines is 1. The number of aromatic nitrogens is 4. The third-order valence-electron chi connectivity index (χ3n) is 6.07. The van der Waals surface area contributed by atoms with Crippen molar-refractivity contribution in [3.05, 3.63) is 101 Å². The van der Waals surface area contributed by atoms with Crippen LogP contribution in [-0.4, -0.2) is 26.4 Å². The summed E-state index contributed by atoms with van der Waals surface area (Å²) in [5, 5.41) is 6.48. The molecule has 0 saturated carbocycles. The van der Waals surface area contributed by atoms with E-state index in [1.807, 2.05) is 55.1 Å². The summed E-state index contributed by atoms with van der Waals surface area (Å²) in [6, 6.07) is 13.0. The lowest BCUT2D eigenvalue weighted by molar-refractivity contribution is 0.624. The molecule has 34 heavy (non-hydrogen) atoms. The van der Waals surface area contributed by atoms with Crippen LogP contribution in [0.1, 0.15) is 25.0 Å². The Hall–Kier alpha value is -3.93. The fourth-order valence-corrected chi connectivity index (χ4v) is 4.02. The molecule has 2 aromatic carbocycles. The van der Waals surface area contributed by atoms with Crippen LogP contribution >= 0.6 is 0 Å². The third kappa shape index (κ3) is 4.86. The van der Waals surface area contributed by atoms with Crippen LogP contribution in [0, 0.1) is 5.82 Å². The largest absolute Gasteiger partial charge is 0.345 e. The van der Waals surface area contributed by atoms with Crippen LogP contribution in [0.2, 0.25) is 0 Å². The van der Waals surface area contributed by atoms with Crippen molar-refractivity contribution in [2.45, 2.75) is 26.8 Å². The summed E-state index contributed by atoms with van der Waals surface area (Å²) in [5.41, 5.74) is 6.41. The van der Waals surface area contributed by atoms with Gasteiger partial charge in [0.05, 0.1) is 29.8 Å². The Balaban J connectivity index is 1.58. The number of nitrogens with zero attached hydrogens (tertiary/aromatic N) is 5. The second-order valence-corrected chi connectivity index (χ2v) is 8.36. The second-order valence-electron chi connectivity index (χ2n) is 8.36. The minimum absolute atomic E-state index is 0.230.